The van der Waals surface area contributed by atoms with Gasteiger partial charge in [-0.2, -0.15) is 0 Å². The standard InChI is InChI=1S/C20H14ClF2NO2/c21-14-5-10-19(26-16-8-6-15(22)7-9-16)17(11-14)20(25)24-12-13-3-1-2-4-18(13)23/h1-11H,12H2,(H,24,25). The first-order valence-electron chi connectivity index (χ1n) is 7.77. The van der Waals surface area contributed by atoms with Gasteiger partial charge in [0, 0.05) is 17.1 Å². The molecule has 1 N–H and O–H groups in total. The maximum absolute atomic E-state index is 13.7. The van der Waals surface area contributed by atoms with Gasteiger partial charge in [-0.3, -0.25) is 4.79 Å². The number of amides is 1. The third-order valence-electron chi connectivity index (χ3n) is 3.62. The first-order valence-corrected chi connectivity index (χ1v) is 8.15. The monoisotopic (exact) mass is 373 g/mol. The van der Waals surface area contributed by atoms with Crippen molar-refractivity contribution in [2.75, 3.05) is 0 Å². The Balaban J connectivity index is 1.79. The molecule has 6 heteroatoms. The van der Waals surface area contributed by atoms with E-state index in [9.17, 15) is 13.6 Å². The third kappa shape index (κ3) is 4.37. The number of rotatable bonds is 5. The van der Waals surface area contributed by atoms with Crippen LogP contribution in [0.1, 0.15) is 15.9 Å². The summed E-state index contributed by atoms with van der Waals surface area (Å²) in [5.41, 5.74) is 0.557. The zero-order chi connectivity index (χ0) is 18.5. The molecule has 0 saturated heterocycles. The SMILES string of the molecule is O=C(NCc1ccccc1F)c1cc(Cl)ccc1Oc1ccc(F)cc1. The highest BCUT2D eigenvalue weighted by molar-refractivity contribution is 6.31. The van der Waals surface area contributed by atoms with Gasteiger partial charge in [0.05, 0.1) is 5.56 Å². The lowest BCUT2D eigenvalue weighted by molar-refractivity contribution is 0.0948. The molecule has 1 amide bonds. The van der Waals surface area contributed by atoms with Gasteiger partial charge in [0.2, 0.25) is 0 Å². The van der Waals surface area contributed by atoms with Crippen molar-refractivity contribution in [2.45, 2.75) is 6.54 Å². The summed E-state index contributed by atoms with van der Waals surface area (Å²) in [7, 11) is 0. The van der Waals surface area contributed by atoms with Gasteiger partial charge in [-0.05, 0) is 48.5 Å². The van der Waals surface area contributed by atoms with Crippen molar-refractivity contribution in [3.8, 4) is 11.5 Å². The number of hydrogen-bond acceptors (Lipinski definition) is 2. The van der Waals surface area contributed by atoms with E-state index in [0.29, 0.717) is 16.3 Å². The summed E-state index contributed by atoms with van der Waals surface area (Å²) < 4.78 is 32.3. The fourth-order valence-electron chi connectivity index (χ4n) is 2.31. The van der Waals surface area contributed by atoms with E-state index in [-0.39, 0.29) is 17.9 Å². The van der Waals surface area contributed by atoms with Crippen LogP contribution in [0.4, 0.5) is 8.78 Å². The molecule has 0 aliphatic rings. The molecule has 3 rings (SSSR count). The second-order valence-corrected chi connectivity index (χ2v) is 5.91. The predicted octanol–water partition coefficient (Wildman–Crippen LogP) is 5.34. The summed E-state index contributed by atoms with van der Waals surface area (Å²) in [6.07, 6.45) is 0. The molecule has 0 aliphatic heterocycles. The van der Waals surface area contributed by atoms with Crippen LogP contribution in [0.3, 0.4) is 0 Å². The number of carbonyl (C=O) groups is 1. The van der Waals surface area contributed by atoms with Gasteiger partial charge in [-0.1, -0.05) is 29.8 Å². The molecule has 0 spiro atoms. The zero-order valence-corrected chi connectivity index (χ0v) is 14.3. The molecule has 3 nitrogen and oxygen atoms in total. The second kappa shape index (κ2) is 7.97. The van der Waals surface area contributed by atoms with Crippen molar-refractivity contribution >= 4 is 17.5 Å². The molecule has 0 aliphatic carbocycles. The van der Waals surface area contributed by atoms with Crippen molar-refractivity contribution in [3.63, 3.8) is 0 Å². The minimum atomic E-state index is -0.465. The highest BCUT2D eigenvalue weighted by Gasteiger charge is 2.15. The highest BCUT2D eigenvalue weighted by Crippen LogP contribution is 2.28. The number of nitrogens with one attached hydrogen (secondary N) is 1. The van der Waals surface area contributed by atoms with E-state index in [1.165, 1.54) is 36.4 Å². The minimum absolute atomic E-state index is 0.0218. The smallest absolute Gasteiger partial charge is 0.255 e. The molecule has 0 fully saturated rings. The van der Waals surface area contributed by atoms with Gasteiger partial charge >= 0.3 is 0 Å². The van der Waals surface area contributed by atoms with Crippen LogP contribution in [-0.4, -0.2) is 5.91 Å². The maximum atomic E-state index is 13.7. The summed E-state index contributed by atoms with van der Waals surface area (Å²) >= 11 is 5.98. The average Bonchev–Trinajstić information content (AvgIpc) is 2.64. The first-order chi connectivity index (χ1) is 12.5. The van der Waals surface area contributed by atoms with Crippen LogP contribution in [0, 0.1) is 11.6 Å². The summed E-state index contributed by atoms with van der Waals surface area (Å²) in [6.45, 7) is 0.0218. The largest absolute Gasteiger partial charge is 0.457 e. The van der Waals surface area contributed by atoms with Crippen LogP contribution in [0.5, 0.6) is 11.5 Å². The molecule has 0 aromatic heterocycles. The summed E-state index contributed by atoms with van der Waals surface area (Å²) in [5.74, 6) is -0.630. The predicted molar refractivity (Wildman–Crippen MR) is 95.5 cm³/mol. The number of ether oxygens (including phenoxy) is 1. The van der Waals surface area contributed by atoms with Crippen LogP contribution in [0.15, 0.2) is 66.7 Å². The van der Waals surface area contributed by atoms with E-state index in [4.69, 9.17) is 16.3 Å². The molecular formula is C20H14ClF2NO2. The molecule has 0 atom stereocenters. The molecule has 0 bridgehead atoms. The van der Waals surface area contributed by atoms with Gasteiger partial charge < -0.3 is 10.1 Å². The number of carbonyl (C=O) groups excluding carboxylic acids is 1. The van der Waals surface area contributed by atoms with Crippen LogP contribution in [0.2, 0.25) is 5.02 Å². The van der Waals surface area contributed by atoms with E-state index in [1.54, 1.807) is 30.3 Å². The quantitative estimate of drug-likeness (QED) is 0.655. The Morgan fingerprint density at radius 1 is 1.00 bits per heavy atom. The Hall–Kier alpha value is -2.92. The lowest BCUT2D eigenvalue weighted by Gasteiger charge is -2.12. The average molecular weight is 374 g/mol. The molecule has 26 heavy (non-hydrogen) atoms. The van der Waals surface area contributed by atoms with E-state index in [1.807, 2.05) is 0 Å². The lowest BCUT2D eigenvalue weighted by atomic mass is 10.1. The van der Waals surface area contributed by atoms with Gasteiger partial charge in [-0.25, -0.2) is 8.78 Å². The molecule has 0 saturated carbocycles. The first kappa shape index (κ1) is 17.9. The summed E-state index contributed by atoms with van der Waals surface area (Å²) in [4.78, 5) is 12.5. The number of halogens is 3. The summed E-state index contributed by atoms with van der Waals surface area (Å²) in [5, 5.41) is 3.00. The van der Waals surface area contributed by atoms with Crippen molar-refractivity contribution in [1.82, 2.24) is 5.32 Å². The van der Waals surface area contributed by atoms with E-state index >= 15 is 0 Å². The fourth-order valence-corrected chi connectivity index (χ4v) is 2.48. The molecule has 0 radical (unpaired) electrons. The Labute approximate surface area is 154 Å². The molecular weight excluding hydrogens is 360 g/mol. The van der Waals surface area contributed by atoms with Crippen LogP contribution in [-0.2, 0) is 6.54 Å². The Morgan fingerprint density at radius 2 is 1.73 bits per heavy atom. The second-order valence-electron chi connectivity index (χ2n) is 5.47. The van der Waals surface area contributed by atoms with Gasteiger partial charge in [0.25, 0.3) is 5.91 Å². The highest BCUT2D eigenvalue weighted by atomic mass is 35.5. The van der Waals surface area contributed by atoms with Crippen molar-refractivity contribution in [3.05, 3.63) is 94.5 Å². The van der Waals surface area contributed by atoms with Crippen LogP contribution in [0.25, 0.3) is 0 Å². The number of benzene rings is 3. The normalized spacial score (nSPS) is 10.4. The number of hydrogen-bond donors (Lipinski definition) is 1. The van der Waals surface area contributed by atoms with E-state index < -0.39 is 17.5 Å². The zero-order valence-electron chi connectivity index (χ0n) is 13.5. The minimum Gasteiger partial charge on any atom is -0.457 e. The molecule has 0 unspecified atom stereocenters. The Morgan fingerprint density at radius 3 is 2.46 bits per heavy atom. The Kier molecular flexibility index (Phi) is 5.49. The molecule has 3 aromatic rings. The van der Waals surface area contributed by atoms with Crippen molar-refractivity contribution in [1.29, 1.82) is 0 Å². The molecule has 3 aromatic carbocycles. The van der Waals surface area contributed by atoms with Gasteiger partial charge in [0.15, 0.2) is 0 Å². The lowest BCUT2D eigenvalue weighted by Crippen LogP contribution is -2.23. The van der Waals surface area contributed by atoms with Gasteiger partial charge in [0.1, 0.15) is 23.1 Å². The van der Waals surface area contributed by atoms with Crippen LogP contribution >= 0.6 is 11.6 Å². The third-order valence-corrected chi connectivity index (χ3v) is 3.86. The molecule has 0 heterocycles. The van der Waals surface area contributed by atoms with Crippen LogP contribution < -0.4 is 10.1 Å². The van der Waals surface area contributed by atoms with E-state index in [0.717, 1.165) is 0 Å². The summed E-state index contributed by atoms with van der Waals surface area (Å²) in [6, 6.07) is 16.2. The van der Waals surface area contributed by atoms with Crippen molar-refractivity contribution in [2.24, 2.45) is 0 Å². The molecule has 132 valence electrons. The van der Waals surface area contributed by atoms with E-state index in [2.05, 4.69) is 5.32 Å². The Bertz CT molecular complexity index is 929. The fraction of sp³-hybridized carbons (Fsp3) is 0.0500. The maximum Gasteiger partial charge on any atom is 0.255 e. The van der Waals surface area contributed by atoms with Crippen molar-refractivity contribution < 1.29 is 18.3 Å². The van der Waals surface area contributed by atoms with Gasteiger partial charge in [-0.15, -0.1) is 0 Å². The topological polar surface area (TPSA) is 38.3 Å².